The molecule has 8 heteroatoms. The van der Waals surface area contributed by atoms with Gasteiger partial charge in [0.15, 0.2) is 5.96 Å². The summed E-state index contributed by atoms with van der Waals surface area (Å²) in [7, 11) is 0. The Morgan fingerprint density at radius 1 is 1.29 bits per heavy atom. The van der Waals surface area contributed by atoms with E-state index >= 15 is 0 Å². The van der Waals surface area contributed by atoms with Crippen molar-refractivity contribution in [2.45, 2.75) is 51.6 Å². The summed E-state index contributed by atoms with van der Waals surface area (Å²) in [6, 6.07) is 4.71. The summed E-state index contributed by atoms with van der Waals surface area (Å²) < 4.78 is 0. The zero-order chi connectivity index (χ0) is 19.1. The third-order valence-corrected chi connectivity index (χ3v) is 5.82. The number of halogens is 2. The third kappa shape index (κ3) is 6.35. The molecule has 1 aromatic heterocycles. The summed E-state index contributed by atoms with van der Waals surface area (Å²) in [5, 5.41) is 7.74. The minimum absolute atomic E-state index is 0. The van der Waals surface area contributed by atoms with Crippen molar-refractivity contribution < 1.29 is 0 Å². The second-order valence-electron chi connectivity index (χ2n) is 7.38. The number of hydrogen-bond donors (Lipinski definition) is 2. The molecule has 0 saturated carbocycles. The highest BCUT2D eigenvalue weighted by Crippen LogP contribution is 2.25. The molecule has 0 aromatic carbocycles. The number of rotatable bonds is 6. The number of likely N-dealkylation sites (N-methyl/N-ethyl adjacent to an activating group) is 1. The van der Waals surface area contributed by atoms with Crippen LogP contribution in [0.4, 0.5) is 5.82 Å². The van der Waals surface area contributed by atoms with E-state index in [4.69, 9.17) is 16.6 Å². The normalized spacial score (nSPS) is 23.4. The molecule has 1 aromatic rings. The van der Waals surface area contributed by atoms with Gasteiger partial charge < -0.3 is 15.5 Å². The maximum atomic E-state index is 6.31. The second kappa shape index (κ2) is 12.0. The molecule has 28 heavy (non-hydrogen) atoms. The minimum atomic E-state index is 0. The number of likely N-dealkylation sites (tertiary alicyclic amines) is 1. The Balaban J connectivity index is 0.00000280. The highest BCUT2D eigenvalue weighted by molar-refractivity contribution is 14.0. The van der Waals surface area contributed by atoms with E-state index in [0.717, 1.165) is 55.9 Å². The first kappa shape index (κ1) is 23.5. The van der Waals surface area contributed by atoms with E-state index < -0.39 is 0 Å². The maximum Gasteiger partial charge on any atom is 0.191 e. The predicted octanol–water partition coefficient (Wildman–Crippen LogP) is 3.36. The lowest BCUT2D eigenvalue weighted by molar-refractivity contribution is 0.161. The first-order valence-electron chi connectivity index (χ1n) is 10.4. The van der Waals surface area contributed by atoms with Crippen molar-refractivity contribution in [2.75, 3.05) is 44.2 Å². The van der Waals surface area contributed by atoms with Crippen LogP contribution in [0, 0.1) is 0 Å². The van der Waals surface area contributed by atoms with E-state index in [9.17, 15) is 0 Å². The van der Waals surface area contributed by atoms with Crippen molar-refractivity contribution in [1.82, 2.24) is 20.5 Å². The van der Waals surface area contributed by atoms with Crippen LogP contribution in [0.1, 0.15) is 39.5 Å². The topological polar surface area (TPSA) is 55.8 Å². The van der Waals surface area contributed by atoms with E-state index in [2.05, 4.69) is 39.3 Å². The fourth-order valence-corrected chi connectivity index (χ4v) is 4.31. The Hall–Kier alpha value is -0.800. The van der Waals surface area contributed by atoms with Crippen LogP contribution in [0.2, 0.25) is 5.02 Å². The van der Waals surface area contributed by atoms with Crippen LogP contribution < -0.4 is 15.5 Å². The van der Waals surface area contributed by atoms with Gasteiger partial charge in [-0.15, -0.1) is 24.0 Å². The Bertz CT molecular complexity index is 628. The van der Waals surface area contributed by atoms with Crippen molar-refractivity contribution >= 4 is 47.4 Å². The van der Waals surface area contributed by atoms with Gasteiger partial charge in [0.2, 0.25) is 0 Å². The second-order valence-corrected chi connectivity index (χ2v) is 7.79. The molecule has 2 unspecified atom stereocenters. The summed E-state index contributed by atoms with van der Waals surface area (Å²) in [5.74, 6) is 1.81. The molecule has 2 N–H and O–H groups in total. The first-order chi connectivity index (χ1) is 13.2. The fraction of sp³-hybridized carbons (Fsp3) is 0.700. The van der Waals surface area contributed by atoms with E-state index in [1.807, 2.05) is 12.1 Å². The van der Waals surface area contributed by atoms with Crippen LogP contribution >= 0.6 is 35.6 Å². The van der Waals surface area contributed by atoms with Crippen molar-refractivity contribution in [1.29, 1.82) is 0 Å². The monoisotopic (exact) mass is 520 g/mol. The van der Waals surface area contributed by atoms with Crippen molar-refractivity contribution in [3.05, 3.63) is 23.4 Å². The molecular formula is C20H34ClIN6. The molecule has 2 fully saturated rings. The van der Waals surface area contributed by atoms with Crippen LogP contribution in [-0.4, -0.2) is 67.2 Å². The fourth-order valence-electron chi connectivity index (χ4n) is 4.07. The van der Waals surface area contributed by atoms with Gasteiger partial charge in [0.25, 0.3) is 0 Å². The number of aliphatic imine (C=N–C) groups is 1. The predicted molar refractivity (Wildman–Crippen MR) is 129 cm³/mol. The molecule has 2 aliphatic heterocycles. The average Bonchev–Trinajstić information content (AvgIpc) is 3.15. The van der Waals surface area contributed by atoms with Gasteiger partial charge >= 0.3 is 0 Å². The Morgan fingerprint density at radius 2 is 2.14 bits per heavy atom. The van der Waals surface area contributed by atoms with Gasteiger partial charge in [-0.1, -0.05) is 24.9 Å². The maximum absolute atomic E-state index is 6.31. The van der Waals surface area contributed by atoms with Crippen molar-refractivity contribution in [3.63, 3.8) is 0 Å². The van der Waals surface area contributed by atoms with Gasteiger partial charge in [-0.3, -0.25) is 9.89 Å². The van der Waals surface area contributed by atoms with Gasteiger partial charge in [0, 0.05) is 37.9 Å². The van der Waals surface area contributed by atoms with Gasteiger partial charge in [0.1, 0.15) is 5.82 Å². The lowest BCUT2D eigenvalue weighted by Crippen LogP contribution is -2.46. The molecule has 0 radical (unpaired) electrons. The van der Waals surface area contributed by atoms with Crippen LogP contribution in [0.3, 0.4) is 0 Å². The molecule has 6 nitrogen and oxygen atoms in total. The lowest BCUT2D eigenvalue weighted by Gasteiger charge is -2.34. The Morgan fingerprint density at radius 3 is 2.89 bits per heavy atom. The molecule has 0 aliphatic carbocycles. The van der Waals surface area contributed by atoms with Crippen LogP contribution in [0.25, 0.3) is 0 Å². The first-order valence-corrected chi connectivity index (χ1v) is 10.7. The number of piperidine rings is 1. The molecule has 0 amide bonds. The number of pyridine rings is 1. The summed E-state index contributed by atoms with van der Waals surface area (Å²) in [6.45, 7) is 10.3. The number of nitrogens with one attached hydrogen (secondary N) is 2. The quantitative estimate of drug-likeness (QED) is 0.342. The number of hydrogen-bond acceptors (Lipinski definition) is 4. The zero-order valence-electron chi connectivity index (χ0n) is 17.0. The van der Waals surface area contributed by atoms with Crippen LogP contribution in [0.15, 0.2) is 23.3 Å². The van der Waals surface area contributed by atoms with E-state index in [1.54, 1.807) is 6.20 Å². The molecule has 2 atom stereocenters. The molecule has 3 rings (SSSR count). The highest BCUT2D eigenvalue weighted by Gasteiger charge is 2.26. The Kier molecular flexibility index (Phi) is 10.1. The lowest BCUT2D eigenvalue weighted by atomic mass is 10.0. The zero-order valence-corrected chi connectivity index (χ0v) is 20.1. The third-order valence-electron chi connectivity index (χ3n) is 5.53. The van der Waals surface area contributed by atoms with Crippen LogP contribution in [-0.2, 0) is 0 Å². The molecule has 0 bridgehead atoms. The van der Waals surface area contributed by atoms with Gasteiger partial charge in [-0.05, 0) is 51.4 Å². The standard InChI is InChI=1S/C20H33ClN6.HI/c1-3-22-20(24-14-17-8-5-6-12-26(17)4-2)25-16-10-13-27(15-16)19-18(21)9-7-11-23-19;/h7,9,11,16-17H,3-6,8,10,12-15H2,1-2H3,(H2,22,24,25);1H. The van der Waals surface area contributed by atoms with Gasteiger partial charge in [-0.2, -0.15) is 0 Å². The molecule has 2 saturated heterocycles. The SMILES string of the molecule is CCNC(=NCC1CCCCN1CC)NC1CCN(c2ncccc2Cl)C1.I. The molecule has 158 valence electrons. The number of guanidine groups is 1. The van der Waals surface area contributed by atoms with E-state index in [-0.39, 0.29) is 24.0 Å². The molecule has 2 aliphatic rings. The van der Waals surface area contributed by atoms with E-state index in [0.29, 0.717) is 12.1 Å². The average molecular weight is 521 g/mol. The molecular weight excluding hydrogens is 487 g/mol. The van der Waals surface area contributed by atoms with Crippen molar-refractivity contribution in [2.24, 2.45) is 4.99 Å². The smallest absolute Gasteiger partial charge is 0.191 e. The summed E-state index contributed by atoms with van der Waals surface area (Å²) in [5.41, 5.74) is 0. The Labute approximate surface area is 191 Å². The highest BCUT2D eigenvalue weighted by atomic mass is 127. The number of aromatic nitrogens is 1. The number of anilines is 1. The van der Waals surface area contributed by atoms with Crippen molar-refractivity contribution in [3.8, 4) is 0 Å². The molecule has 0 spiro atoms. The summed E-state index contributed by atoms with van der Waals surface area (Å²) in [6.07, 6.45) is 6.76. The summed E-state index contributed by atoms with van der Waals surface area (Å²) >= 11 is 6.31. The van der Waals surface area contributed by atoms with Gasteiger partial charge in [0.05, 0.1) is 11.6 Å². The summed E-state index contributed by atoms with van der Waals surface area (Å²) in [4.78, 5) is 14.2. The largest absolute Gasteiger partial charge is 0.357 e. The minimum Gasteiger partial charge on any atom is -0.357 e. The number of nitrogens with zero attached hydrogens (tertiary/aromatic N) is 4. The van der Waals surface area contributed by atoms with E-state index in [1.165, 1.54) is 25.8 Å². The molecule has 3 heterocycles. The van der Waals surface area contributed by atoms with Gasteiger partial charge in [-0.25, -0.2) is 4.98 Å². The van der Waals surface area contributed by atoms with Crippen LogP contribution in [0.5, 0.6) is 0 Å².